The molecule has 0 spiro atoms. The van der Waals surface area contributed by atoms with Gasteiger partial charge in [-0.25, -0.2) is 0 Å². The van der Waals surface area contributed by atoms with E-state index in [9.17, 15) is 9.59 Å². The van der Waals surface area contributed by atoms with Gasteiger partial charge in [0.2, 0.25) is 11.8 Å². The van der Waals surface area contributed by atoms with Crippen LogP contribution in [-0.4, -0.2) is 57.1 Å². The smallest absolute Gasteiger partial charge is 0.241 e. The molecule has 0 aromatic carbocycles. The Kier molecular flexibility index (Phi) is 4.89. The predicted molar refractivity (Wildman–Crippen MR) is 63.2 cm³/mol. The Morgan fingerprint density at radius 2 is 1.94 bits per heavy atom. The average molecular weight is 243 g/mol. The molecule has 6 nitrogen and oxygen atoms in total. The van der Waals surface area contributed by atoms with E-state index in [0.717, 1.165) is 0 Å². The van der Waals surface area contributed by atoms with Gasteiger partial charge in [-0.3, -0.25) is 9.59 Å². The van der Waals surface area contributed by atoms with Crippen molar-refractivity contribution in [1.82, 2.24) is 10.2 Å². The Morgan fingerprint density at radius 1 is 1.35 bits per heavy atom. The van der Waals surface area contributed by atoms with E-state index in [0.29, 0.717) is 32.6 Å². The van der Waals surface area contributed by atoms with Crippen LogP contribution >= 0.6 is 0 Å². The standard InChI is InChI=1S/C11H21N3O3/c1-14(2)9(15)7-13-10(16)11(8-12)3-5-17-6-4-11/h3-8,12H2,1-2H3,(H,13,16). The second-order valence-corrected chi connectivity index (χ2v) is 4.57. The van der Waals surface area contributed by atoms with Gasteiger partial charge in [-0.2, -0.15) is 0 Å². The summed E-state index contributed by atoms with van der Waals surface area (Å²) in [5.74, 6) is -0.268. The van der Waals surface area contributed by atoms with E-state index in [1.54, 1.807) is 14.1 Å². The molecule has 0 aromatic rings. The molecule has 0 unspecified atom stereocenters. The first-order valence-electron chi connectivity index (χ1n) is 5.78. The van der Waals surface area contributed by atoms with Crippen LogP contribution in [0.4, 0.5) is 0 Å². The Morgan fingerprint density at radius 3 is 2.41 bits per heavy atom. The van der Waals surface area contributed by atoms with Gasteiger partial charge in [0.25, 0.3) is 0 Å². The monoisotopic (exact) mass is 243 g/mol. The molecule has 0 radical (unpaired) electrons. The van der Waals surface area contributed by atoms with Crippen molar-refractivity contribution in [2.45, 2.75) is 12.8 Å². The Balaban J connectivity index is 2.52. The topological polar surface area (TPSA) is 84.7 Å². The van der Waals surface area contributed by atoms with Crippen molar-refractivity contribution >= 4 is 11.8 Å². The molecule has 6 heteroatoms. The van der Waals surface area contributed by atoms with Crippen LogP contribution in [0.25, 0.3) is 0 Å². The van der Waals surface area contributed by atoms with Crippen LogP contribution in [-0.2, 0) is 14.3 Å². The Labute approximate surface area is 101 Å². The van der Waals surface area contributed by atoms with Crippen LogP contribution in [0.15, 0.2) is 0 Å². The van der Waals surface area contributed by atoms with Crippen LogP contribution in [0.3, 0.4) is 0 Å². The molecule has 1 aliphatic heterocycles. The largest absolute Gasteiger partial charge is 0.381 e. The van der Waals surface area contributed by atoms with Crippen molar-refractivity contribution in [3.8, 4) is 0 Å². The second-order valence-electron chi connectivity index (χ2n) is 4.57. The summed E-state index contributed by atoms with van der Waals surface area (Å²) in [4.78, 5) is 24.9. The zero-order valence-corrected chi connectivity index (χ0v) is 10.5. The molecule has 1 saturated heterocycles. The molecule has 1 fully saturated rings. The number of rotatable bonds is 4. The number of nitrogens with two attached hydrogens (primary N) is 1. The number of amides is 2. The van der Waals surface area contributed by atoms with Gasteiger partial charge < -0.3 is 20.7 Å². The van der Waals surface area contributed by atoms with E-state index in [1.165, 1.54) is 4.90 Å². The first-order valence-corrected chi connectivity index (χ1v) is 5.78. The first kappa shape index (κ1) is 13.9. The molecule has 1 aliphatic rings. The summed E-state index contributed by atoms with van der Waals surface area (Å²) >= 11 is 0. The highest BCUT2D eigenvalue weighted by Gasteiger charge is 2.38. The number of carbonyl (C=O) groups excluding carboxylic acids is 2. The normalized spacial score (nSPS) is 18.5. The molecule has 0 saturated carbocycles. The fourth-order valence-corrected chi connectivity index (χ4v) is 1.79. The van der Waals surface area contributed by atoms with Gasteiger partial charge in [-0.05, 0) is 12.8 Å². The molecule has 1 heterocycles. The molecule has 1 rings (SSSR count). The van der Waals surface area contributed by atoms with Gasteiger partial charge in [0, 0.05) is 33.9 Å². The first-order chi connectivity index (χ1) is 8.02. The number of ether oxygens (including phenoxy) is 1. The number of hydrogen-bond donors (Lipinski definition) is 2. The van der Waals surface area contributed by atoms with Crippen molar-refractivity contribution in [2.24, 2.45) is 11.1 Å². The molecule has 17 heavy (non-hydrogen) atoms. The van der Waals surface area contributed by atoms with Crippen LogP contribution < -0.4 is 11.1 Å². The van der Waals surface area contributed by atoms with Crippen molar-refractivity contribution in [2.75, 3.05) is 40.4 Å². The SMILES string of the molecule is CN(C)C(=O)CNC(=O)C1(CN)CCOCC1. The third-order valence-corrected chi connectivity index (χ3v) is 3.22. The number of hydrogen-bond acceptors (Lipinski definition) is 4. The van der Waals surface area contributed by atoms with Gasteiger partial charge in [0.1, 0.15) is 0 Å². The van der Waals surface area contributed by atoms with Crippen LogP contribution in [0.5, 0.6) is 0 Å². The lowest BCUT2D eigenvalue weighted by atomic mass is 9.79. The van der Waals surface area contributed by atoms with Gasteiger partial charge in [0.05, 0.1) is 12.0 Å². The highest BCUT2D eigenvalue weighted by molar-refractivity contribution is 5.88. The lowest BCUT2D eigenvalue weighted by molar-refractivity contribution is -0.138. The number of nitrogens with zero attached hydrogens (tertiary/aromatic N) is 1. The summed E-state index contributed by atoms with van der Waals surface area (Å²) < 4.78 is 5.23. The summed E-state index contributed by atoms with van der Waals surface area (Å²) in [7, 11) is 3.31. The van der Waals surface area contributed by atoms with E-state index in [2.05, 4.69) is 5.32 Å². The Bertz CT molecular complexity index is 286. The van der Waals surface area contributed by atoms with E-state index < -0.39 is 5.41 Å². The molecule has 98 valence electrons. The summed E-state index contributed by atoms with van der Waals surface area (Å²) in [6.45, 7) is 1.41. The minimum atomic E-state index is -0.565. The summed E-state index contributed by atoms with van der Waals surface area (Å²) in [6, 6.07) is 0. The van der Waals surface area contributed by atoms with Crippen molar-refractivity contribution in [3.63, 3.8) is 0 Å². The lowest BCUT2D eigenvalue weighted by Gasteiger charge is -2.34. The Hall–Kier alpha value is -1.14. The van der Waals surface area contributed by atoms with E-state index in [-0.39, 0.29) is 18.4 Å². The molecule has 2 amide bonds. The molecule has 0 atom stereocenters. The zero-order valence-electron chi connectivity index (χ0n) is 10.5. The maximum absolute atomic E-state index is 12.1. The summed E-state index contributed by atoms with van der Waals surface area (Å²) in [5.41, 5.74) is 5.13. The van der Waals surface area contributed by atoms with Crippen molar-refractivity contribution < 1.29 is 14.3 Å². The summed E-state index contributed by atoms with van der Waals surface area (Å²) in [6.07, 6.45) is 1.23. The molecule has 0 aliphatic carbocycles. The van der Waals surface area contributed by atoms with Crippen LogP contribution in [0.1, 0.15) is 12.8 Å². The highest BCUT2D eigenvalue weighted by atomic mass is 16.5. The average Bonchev–Trinajstić information content (AvgIpc) is 2.36. The van der Waals surface area contributed by atoms with Crippen LogP contribution in [0, 0.1) is 5.41 Å². The maximum Gasteiger partial charge on any atom is 0.241 e. The minimum Gasteiger partial charge on any atom is -0.381 e. The zero-order chi connectivity index (χ0) is 12.9. The fraction of sp³-hybridized carbons (Fsp3) is 0.818. The fourth-order valence-electron chi connectivity index (χ4n) is 1.79. The van der Waals surface area contributed by atoms with E-state index in [1.807, 2.05) is 0 Å². The van der Waals surface area contributed by atoms with Crippen LogP contribution in [0.2, 0.25) is 0 Å². The van der Waals surface area contributed by atoms with E-state index in [4.69, 9.17) is 10.5 Å². The minimum absolute atomic E-state index is 0.0223. The quantitative estimate of drug-likeness (QED) is 0.659. The second kappa shape index (κ2) is 5.97. The summed E-state index contributed by atoms with van der Waals surface area (Å²) in [5, 5.41) is 2.66. The number of nitrogens with one attached hydrogen (secondary N) is 1. The van der Waals surface area contributed by atoms with Gasteiger partial charge in [0.15, 0.2) is 0 Å². The van der Waals surface area contributed by atoms with E-state index >= 15 is 0 Å². The van der Waals surface area contributed by atoms with Crippen molar-refractivity contribution in [1.29, 1.82) is 0 Å². The van der Waals surface area contributed by atoms with Gasteiger partial charge in [-0.15, -0.1) is 0 Å². The van der Waals surface area contributed by atoms with Gasteiger partial charge in [-0.1, -0.05) is 0 Å². The molecule has 3 N–H and O–H groups in total. The lowest BCUT2D eigenvalue weighted by Crippen LogP contribution is -2.51. The molecule has 0 bridgehead atoms. The van der Waals surface area contributed by atoms with Crippen molar-refractivity contribution in [3.05, 3.63) is 0 Å². The third-order valence-electron chi connectivity index (χ3n) is 3.22. The van der Waals surface area contributed by atoms with Gasteiger partial charge >= 0.3 is 0 Å². The predicted octanol–water partition coefficient (Wildman–Crippen LogP) is -1.05. The third kappa shape index (κ3) is 3.41. The molecular weight excluding hydrogens is 222 g/mol. The number of carbonyl (C=O) groups is 2. The molecular formula is C11H21N3O3. The highest BCUT2D eigenvalue weighted by Crippen LogP contribution is 2.29. The maximum atomic E-state index is 12.1. The molecule has 0 aromatic heterocycles. The number of likely N-dealkylation sites (N-methyl/N-ethyl adjacent to an activating group) is 1.